The van der Waals surface area contributed by atoms with Gasteiger partial charge in [0.1, 0.15) is 0 Å². The zero-order valence-corrected chi connectivity index (χ0v) is 15.4. The normalized spacial score (nSPS) is 10.4. The summed E-state index contributed by atoms with van der Waals surface area (Å²) in [6.45, 7) is 0. The van der Waals surface area contributed by atoms with Gasteiger partial charge in [0.25, 0.3) is 5.91 Å². The molecule has 130 valence electrons. The summed E-state index contributed by atoms with van der Waals surface area (Å²) in [4.78, 5) is 25.0. The number of rotatable bonds is 4. The molecule has 0 aliphatic heterocycles. The van der Waals surface area contributed by atoms with Crippen molar-refractivity contribution in [3.05, 3.63) is 106 Å². The van der Waals surface area contributed by atoms with Crippen LogP contribution in [0.2, 0.25) is 0 Å². The number of hydrogen-bond donors (Lipinski definition) is 2. The lowest BCUT2D eigenvalue weighted by atomic mass is 9.91. The van der Waals surface area contributed by atoms with E-state index in [0.717, 1.165) is 15.6 Å². The molecule has 0 fully saturated rings. The lowest BCUT2D eigenvalue weighted by Gasteiger charge is -2.18. The molecule has 0 saturated heterocycles. The van der Waals surface area contributed by atoms with E-state index in [9.17, 15) is 9.59 Å². The van der Waals surface area contributed by atoms with Gasteiger partial charge in [-0.05, 0) is 35.4 Å². The van der Waals surface area contributed by atoms with Gasteiger partial charge in [0, 0.05) is 10.0 Å². The Kier molecular flexibility index (Phi) is 5.81. The average Bonchev–Trinajstić information content (AvgIpc) is 2.68. The summed E-state index contributed by atoms with van der Waals surface area (Å²) in [5.74, 6) is -1.18. The van der Waals surface area contributed by atoms with Gasteiger partial charge < -0.3 is 0 Å². The summed E-state index contributed by atoms with van der Waals surface area (Å²) >= 11 is 3.33. The Morgan fingerprint density at radius 1 is 0.692 bits per heavy atom. The van der Waals surface area contributed by atoms with Crippen molar-refractivity contribution in [3.8, 4) is 0 Å². The standard InChI is InChI=1S/C21H17BrN2O2/c22-18-13-11-17(12-14-18)20(25)23-24-21(26)19(15-7-3-1-4-8-15)16-9-5-2-6-10-16/h1-14,19H,(H,23,25)(H,24,26). The van der Waals surface area contributed by atoms with Crippen LogP contribution in [0.5, 0.6) is 0 Å². The lowest BCUT2D eigenvalue weighted by molar-refractivity contribution is -0.122. The highest BCUT2D eigenvalue weighted by molar-refractivity contribution is 9.10. The first-order chi connectivity index (χ1) is 12.6. The van der Waals surface area contributed by atoms with Crippen LogP contribution in [0.4, 0.5) is 0 Å². The Balaban J connectivity index is 1.76. The summed E-state index contributed by atoms with van der Waals surface area (Å²) in [6.07, 6.45) is 0. The molecule has 0 radical (unpaired) electrons. The first-order valence-corrected chi connectivity index (χ1v) is 8.90. The molecule has 0 aliphatic rings. The van der Waals surface area contributed by atoms with E-state index >= 15 is 0 Å². The third-order valence-corrected chi connectivity index (χ3v) is 4.46. The van der Waals surface area contributed by atoms with Gasteiger partial charge in [0.2, 0.25) is 5.91 Å². The number of carbonyl (C=O) groups is 2. The van der Waals surface area contributed by atoms with Gasteiger partial charge in [-0.15, -0.1) is 0 Å². The topological polar surface area (TPSA) is 58.2 Å². The summed E-state index contributed by atoms with van der Waals surface area (Å²) in [7, 11) is 0. The molecule has 4 nitrogen and oxygen atoms in total. The number of hydrogen-bond acceptors (Lipinski definition) is 2. The van der Waals surface area contributed by atoms with Gasteiger partial charge in [-0.3, -0.25) is 20.4 Å². The van der Waals surface area contributed by atoms with E-state index in [1.165, 1.54) is 0 Å². The molecule has 0 atom stereocenters. The van der Waals surface area contributed by atoms with Gasteiger partial charge in [0.15, 0.2) is 0 Å². The second kappa shape index (κ2) is 8.45. The van der Waals surface area contributed by atoms with Crippen LogP contribution in [0.1, 0.15) is 27.4 Å². The number of amides is 2. The SMILES string of the molecule is O=C(NNC(=O)C(c1ccccc1)c1ccccc1)c1ccc(Br)cc1. The maximum Gasteiger partial charge on any atom is 0.269 e. The minimum Gasteiger partial charge on any atom is -0.272 e. The molecule has 0 spiro atoms. The highest BCUT2D eigenvalue weighted by atomic mass is 79.9. The molecule has 5 heteroatoms. The van der Waals surface area contributed by atoms with Gasteiger partial charge in [-0.25, -0.2) is 0 Å². The Labute approximate surface area is 160 Å². The zero-order valence-electron chi connectivity index (χ0n) is 13.9. The predicted octanol–water partition coefficient (Wildman–Crippen LogP) is 4.04. The fourth-order valence-electron chi connectivity index (χ4n) is 2.65. The molecule has 3 rings (SSSR count). The second-order valence-corrected chi connectivity index (χ2v) is 6.62. The van der Waals surface area contributed by atoms with Crippen LogP contribution in [-0.2, 0) is 4.79 Å². The van der Waals surface area contributed by atoms with E-state index < -0.39 is 5.92 Å². The molecule has 0 bridgehead atoms. The zero-order chi connectivity index (χ0) is 18.4. The summed E-state index contributed by atoms with van der Waals surface area (Å²) in [5.41, 5.74) is 7.20. The van der Waals surface area contributed by atoms with Crippen molar-refractivity contribution in [1.29, 1.82) is 0 Å². The van der Waals surface area contributed by atoms with E-state index in [4.69, 9.17) is 0 Å². The van der Waals surface area contributed by atoms with E-state index in [0.29, 0.717) is 5.56 Å². The van der Waals surface area contributed by atoms with Crippen molar-refractivity contribution in [2.45, 2.75) is 5.92 Å². The fourth-order valence-corrected chi connectivity index (χ4v) is 2.91. The highest BCUT2D eigenvalue weighted by Gasteiger charge is 2.23. The van der Waals surface area contributed by atoms with Gasteiger partial charge >= 0.3 is 0 Å². The van der Waals surface area contributed by atoms with Gasteiger partial charge in [-0.1, -0.05) is 76.6 Å². The first kappa shape index (κ1) is 17.9. The van der Waals surface area contributed by atoms with Crippen molar-refractivity contribution in [3.63, 3.8) is 0 Å². The third-order valence-electron chi connectivity index (χ3n) is 3.93. The number of hydrazine groups is 1. The van der Waals surface area contributed by atoms with E-state index in [1.807, 2.05) is 60.7 Å². The molecule has 0 aliphatic carbocycles. The van der Waals surface area contributed by atoms with E-state index in [2.05, 4.69) is 26.8 Å². The number of benzene rings is 3. The lowest BCUT2D eigenvalue weighted by Crippen LogP contribution is -2.44. The van der Waals surface area contributed by atoms with Crippen LogP contribution in [0.15, 0.2) is 89.4 Å². The highest BCUT2D eigenvalue weighted by Crippen LogP contribution is 2.24. The minimum absolute atomic E-state index is 0.298. The van der Waals surface area contributed by atoms with Crippen molar-refractivity contribution in [1.82, 2.24) is 10.9 Å². The third kappa shape index (κ3) is 4.37. The van der Waals surface area contributed by atoms with Gasteiger partial charge in [0.05, 0.1) is 5.92 Å². The van der Waals surface area contributed by atoms with Crippen molar-refractivity contribution >= 4 is 27.7 Å². The Morgan fingerprint density at radius 2 is 1.19 bits per heavy atom. The van der Waals surface area contributed by atoms with Crippen LogP contribution in [0.25, 0.3) is 0 Å². The number of carbonyl (C=O) groups excluding carboxylic acids is 2. The Hall–Kier alpha value is -2.92. The maximum absolute atomic E-state index is 12.8. The maximum atomic E-state index is 12.8. The van der Waals surface area contributed by atoms with Crippen LogP contribution in [0, 0.1) is 0 Å². The molecule has 2 N–H and O–H groups in total. The molecule has 3 aromatic rings. The molecule has 3 aromatic carbocycles. The fraction of sp³-hybridized carbons (Fsp3) is 0.0476. The molecular formula is C21H17BrN2O2. The second-order valence-electron chi connectivity index (χ2n) is 5.70. The van der Waals surface area contributed by atoms with Crippen LogP contribution < -0.4 is 10.9 Å². The molecule has 0 aromatic heterocycles. The summed E-state index contributed by atoms with van der Waals surface area (Å²) in [5, 5.41) is 0. The molecule has 2 amide bonds. The Bertz CT molecular complexity index is 841. The number of nitrogens with one attached hydrogen (secondary N) is 2. The van der Waals surface area contributed by atoms with Crippen molar-refractivity contribution in [2.24, 2.45) is 0 Å². The molecular weight excluding hydrogens is 392 g/mol. The smallest absolute Gasteiger partial charge is 0.269 e. The summed E-state index contributed by atoms with van der Waals surface area (Å²) in [6, 6.07) is 25.8. The van der Waals surface area contributed by atoms with Crippen molar-refractivity contribution in [2.75, 3.05) is 0 Å². The number of halogens is 1. The van der Waals surface area contributed by atoms with Gasteiger partial charge in [-0.2, -0.15) is 0 Å². The Morgan fingerprint density at radius 3 is 1.69 bits per heavy atom. The minimum atomic E-state index is -0.511. The largest absolute Gasteiger partial charge is 0.272 e. The summed E-state index contributed by atoms with van der Waals surface area (Å²) < 4.78 is 0.881. The quantitative estimate of drug-likeness (QED) is 0.639. The molecule has 0 saturated carbocycles. The predicted molar refractivity (Wildman–Crippen MR) is 104 cm³/mol. The van der Waals surface area contributed by atoms with Crippen molar-refractivity contribution < 1.29 is 9.59 Å². The molecule has 26 heavy (non-hydrogen) atoms. The van der Waals surface area contributed by atoms with Crippen LogP contribution >= 0.6 is 15.9 Å². The van der Waals surface area contributed by atoms with E-state index in [-0.39, 0.29) is 11.8 Å². The monoisotopic (exact) mass is 408 g/mol. The van der Waals surface area contributed by atoms with Crippen LogP contribution in [0.3, 0.4) is 0 Å². The van der Waals surface area contributed by atoms with E-state index in [1.54, 1.807) is 24.3 Å². The average molecular weight is 409 g/mol. The molecule has 0 heterocycles. The first-order valence-electron chi connectivity index (χ1n) is 8.11. The molecule has 0 unspecified atom stereocenters. The van der Waals surface area contributed by atoms with Crippen LogP contribution in [-0.4, -0.2) is 11.8 Å².